The van der Waals surface area contributed by atoms with E-state index in [0.29, 0.717) is 5.02 Å². The normalized spacial score (nSPS) is 14.3. The molecule has 1 aliphatic heterocycles. The largest absolute Gasteiger partial charge is 0.294 e. The van der Waals surface area contributed by atoms with Crippen molar-refractivity contribution in [3.63, 3.8) is 0 Å². The van der Waals surface area contributed by atoms with Crippen molar-refractivity contribution in [2.24, 2.45) is 0 Å². The Balaban J connectivity index is 1.51. The van der Waals surface area contributed by atoms with Crippen molar-refractivity contribution in [2.75, 3.05) is 6.54 Å². The Bertz CT molecular complexity index is 943. The van der Waals surface area contributed by atoms with E-state index in [0.717, 1.165) is 60.0 Å². The Hall–Kier alpha value is -2.37. The fourth-order valence-electron chi connectivity index (χ4n) is 3.21. The van der Waals surface area contributed by atoms with Crippen molar-refractivity contribution in [3.05, 3.63) is 76.1 Å². The van der Waals surface area contributed by atoms with Gasteiger partial charge in [-0.1, -0.05) is 17.7 Å². The Kier molecular flexibility index (Phi) is 4.66. The lowest BCUT2D eigenvalue weighted by Gasteiger charge is -2.28. The summed E-state index contributed by atoms with van der Waals surface area (Å²) in [6, 6.07) is 10.8. The number of aryl methyl sites for hydroxylation is 1. The first-order chi connectivity index (χ1) is 12.6. The third-order valence-electron chi connectivity index (χ3n) is 4.67. The minimum atomic E-state index is -0.432. The number of hydrogen-bond acceptors (Lipinski definition) is 4. The van der Waals surface area contributed by atoms with Gasteiger partial charge in [-0.15, -0.1) is 0 Å². The van der Waals surface area contributed by atoms with Gasteiger partial charge < -0.3 is 0 Å². The molecule has 3 heterocycles. The van der Waals surface area contributed by atoms with Crippen LogP contribution in [0.3, 0.4) is 0 Å². The van der Waals surface area contributed by atoms with Crippen LogP contribution in [0.4, 0.5) is 4.39 Å². The molecule has 4 rings (SSSR count). The summed E-state index contributed by atoms with van der Waals surface area (Å²) in [7, 11) is 0. The lowest BCUT2D eigenvalue weighted by atomic mass is 10.1. The highest BCUT2D eigenvalue weighted by Crippen LogP contribution is 2.23. The van der Waals surface area contributed by atoms with Gasteiger partial charge in [-0.2, -0.15) is 4.39 Å². The topological polar surface area (TPSA) is 41.9 Å². The average molecular weight is 369 g/mol. The van der Waals surface area contributed by atoms with Gasteiger partial charge in [0.1, 0.15) is 0 Å². The summed E-state index contributed by atoms with van der Waals surface area (Å²) < 4.78 is 13.2. The molecule has 6 heteroatoms. The Labute approximate surface area is 156 Å². The van der Waals surface area contributed by atoms with Gasteiger partial charge in [-0.05, 0) is 42.8 Å². The Morgan fingerprint density at radius 2 is 1.92 bits per heavy atom. The molecule has 2 aromatic heterocycles. The van der Waals surface area contributed by atoms with Crippen molar-refractivity contribution in [3.8, 4) is 11.4 Å². The van der Waals surface area contributed by atoms with Gasteiger partial charge in [0.25, 0.3) is 0 Å². The van der Waals surface area contributed by atoms with Crippen LogP contribution in [-0.2, 0) is 19.5 Å². The molecular formula is C20H18ClFN4. The zero-order valence-electron chi connectivity index (χ0n) is 14.4. The van der Waals surface area contributed by atoms with E-state index in [9.17, 15) is 4.39 Å². The van der Waals surface area contributed by atoms with Gasteiger partial charge in [0.2, 0.25) is 5.95 Å². The third-order valence-corrected chi connectivity index (χ3v) is 4.92. The highest BCUT2D eigenvalue weighted by Gasteiger charge is 2.19. The van der Waals surface area contributed by atoms with Crippen LogP contribution in [-0.4, -0.2) is 26.4 Å². The number of rotatable bonds is 3. The highest BCUT2D eigenvalue weighted by atomic mass is 35.5. The minimum Gasteiger partial charge on any atom is -0.294 e. The smallest absolute Gasteiger partial charge is 0.213 e. The zero-order valence-corrected chi connectivity index (χ0v) is 15.2. The average Bonchev–Trinajstić information content (AvgIpc) is 2.64. The monoisotopic (exact) mass is 368 g/mol. The molecule has 0 saturated carbocycles. The van der Waals surface area contributed by atoms with Crippen molar-refractivity contribution < 1.29 is 4.39 Å². The maximum Gasteiger partial charge on any atom is 0.213 e. The van der Waals surface area contributed by atoms with E-state index in [1.54, 1.807) is 0 Å². The quantitative estimate of drug-likeness (QED) is 0.650. The van der Waals surface area contributed by atoms with E-state index in [1.165, 1.54) is 6.07 Å². The maximum absolute atomic E-state index is 13.2. The number of halogens is 2. The van der Waals surface area contributed by atoms with E-state index in [4.69, 9.17) is 16.6 Å². The molecule has 132 valence electrons. The van der Waals surface area contributed by atoms with Crippen molar-refractivity contribution >= 4 is 11.6 Å². The van der Waals surface area contributed by atoms with Crippen LogP contribution < -0.4 is 0 Å². The van der Waals surface area contributed by atoms with Crippen LogP contribution in [0.25, 0.3) is 11.4 Å². The first-order valence-corrected chi connectivity index (χ1v) is 8.91. The molecule has 0 bridgehead atoms. The molecule has 0 atom stereocenters. The lowest BCUT2D eigenvalue weighted by Crippen LogP contribution is -2.31. The predicted octanol–water partition coefficient (Wildman–Crippen LogP) is 4.20. The fourth-order valence-corrected chi connectivity index (χ4v) is 3.34. The summed E-state index contributed by atoms with van der Waals surface area (Å²) >= 11 is 5.95. The molecule has 26 heavy (non-hydrogen) atoms. The van der Waals surface area contributed by atoms with Crippen LogP contribution in [0.5, 0.6) is 0 Å². The number of benzene rings is 1. The number of fused-ring (bicyclic) bond motifs is 1. The number of pyridine rings is 1. The second kappa shape index (κ2) is 7.09. The van der Waals surface area contributed by atoms with Crippen LogP contribution in [0.2, 0.25) is 5.02 Å². The SMILES string of the molecule is Cc1nc(F)ccc1CN1CCc2nc(-c3ccc(Cl)cc3)ncc2C1. The molecule has 0 unspecified atom stereocenters. The molecule has 0 radical (unpaired) electrons. The van der Waals surface area contributed by atoms with Gasteiger partial charge in [-0.3, -0.25) is 4.90 Å². The Morgan fingerprint density at radius 3 is 2.69 bits per heavy atom. The summed E-state index contributed by atoms with van der Waals surface area (Å²) in [6.45, 7) is 4.28. The van der Waals surface area contributed by atoms with Crippen LogP contribution in [0.1, 0.15) is 22.5 Å². The molecule has 0 fully saturated rings. The van der Waals surface area contributed by atoms with Gasteiger partial charge in [0.05, 0.1) is 5.69 Å². The minimum absolute atomic E-state index is 0.432. The van der Waals surface area contributed by atoms with Crippen LogP contribution >= 0.6 is 11.6 Å². The van der Waals surface area contributed by atoms with Gasteiger partial charge in [0.15, 0.2) is 5.82 Å². The molecule has 0 spiro atoms. The van der Waals surface area contributed by atoms with Crippen molar-refractivity contribution in [1.29, 1.82) is 0 Å². The highest BCUT2D eigenvalue weighted by molar-refractivity contribution is 6.30. The predicted molar refractivity (Wildman–Crippen MR) is 99.2 cm³/mol. The van der Waals surface area contributed by atoms with E-state index >= 15 is 0 Å². The summed E-state index contributed by atoms with van der Waals surface area (Å²) in [5.74, 6) is 0.297. The standard InChI is InChI=1S/C20H18ClFN4/c1-13-15(4-7-19(22)24-13)11-26-9-8-18-16(12-26)10-23-20(25-18)14-2-5-17(21)6-3-14/h2-7,10H,8-9,11-12H2,1H3. The van der Waals surface area contributed by atoms with Gasteiger partial charge >= 0.3 is 0 Å². The van der Waals surface area contributed by atoms with E-state index in [2.05, 4.69) is 14.9 Å². The summed E-state index contributed by atoms with van der Waals surface area (Å²) in [4.78, 5) is 15.5. The molecule has 1 aromatic carbocycles. The molecule has 1 aliphatic rings. The fraction of sp³-hybridized carbons (Fsp3) is 0.250. The second-order valence-corrected chi connectivity index (χ2v) is 6.95. The van der Waals surface area contributed by atoms with Crippen molar-refractivity contribution in [1.82, 2.24) is 19.9 Å². The van der Waals surface area contributed by atoms with Crippen LogP contribution in [0, 0.1) is 12.9 Å². The van der Waals surface area contributed by atoms with E-state index in [-0.39, 0.29) is 0 Å². The lowest BCUT2D eigenvalue weighted by molar-refractivity contribution is 0.242. The van der Waals surface area contributed by atoms with Crippen LogP contribution in [0.15, 0.2) is 42.6 Å². The molecular weight excluding hydrogens is 351 g/mol. The summed E-state index contributed by atoms with van der Waals surface area (Å²) in [5.41, 5.74) is 4.99. The van der Waals surface area contributed by atoms with E-state index in [1.807, 2.05) is 43.5 Å². The third kappa shape index (κ3) is 3.59. The zero-order chi connectivity index (χ0) is 18.1. The first-order valence-electron chi connectivity index (χ1n) is 8.53. The van der Waals surface area contributed by atoms with E-state index < -0.39 is 5.95 Å². The van der Waals surface area contributed by atoms with Gasteiger partial charge in [-0.25, -0.2) is 15.0 Å². The van der Waals surface area contributed by atoms with Gasteiger partial charge in [0, 0.05) is 54.1 Å². The molecule has 0 saturated heterocycles. The number of hydrogen-bond donors (Lipinski definition) is 0. The Morgan fingerprint density at radius 1 is 1.12 bits per heavy atom. The number of nitrogens with zero attached hydrogens (tertiary/aromatic N) is 4. The summed E-state index contributed by atoms with van der Waals surface area (Å²) in [5, 5.41) is 0.702. The molecule has 0 amide bonds. The molecule has 4 nitrogen and oxygen atoms in total. The first kappa shape index (κ1) is 17.1. The maximum atomic E-state index is 13.2. The molecule has 0 N–H and O–H groups in total. The second-order valence-electron chi connectivity index (χ2n) is 6.51. The molecule has 0 aliphatic carbocycles. The number of aromatic nitrogens is 3. The summed E-state index contributed by atoms with van der Waals surface area (Å²) in [6.07, 6.45) is 2.78. The molecule has 3 aromatic rings. The van der Waals surface area contributed by atoms with Crippen molar-refractivity contribution in [2.45, 2.75) is 26.4 Å².